The number of hydrogen-bond donors (Lipinski definition) is 1. The second-order valence-electron chi connectivity index (χ2n) is 7.62. The maximum absolute atomic E-state index is 11.9. The van der Waals surface area contributed by atoms with E-state index in [-0.39, 0.29) is 12.6 Å². The summed E-state index contributed by atoms with van der Waals surface area (Å²) in [6.45, 7) is 6.99. The summed E-state index contributed by atoms with van der Waals surface area (Å²) < 4.78 is 4.89. The first-order valence-electron chi connectivity index (χ1n) is 9.30. The van der Waals surface area contributed by atoms with Crippen molar-refractivity contribution in [3.05, 3.63) is 34.9 Å². The lowest BCUT2D eigenvalue weighted by Gasteiger charge is -2.34. The molecule has 0 saturated carbocycles. The number of aliphatic hydroxyl groups is 1. The Labute approximate surface area is 146 Å². The zero-order valence-electron chi connectivity index (χ0n) is 15.5. The van der Waals surface area contributed by atoms with Gasteiger partial charge in [-0.3, -0.25) is 0 Å². The summed E-state index contributed by atoms with van der Waals surface area (Å²) in [4.78, 5) is 11.9. The zero-order chi connectivity index (χ0) is 17.7. The van der Waals surface area contributed by atoms with Crippen LogP contribution < -0.4 is 0 Å². The Kier molecular flexibility index (Phi) is 6.85. The summed E-state index contributed by atoms with van der Waals surface area (Å²) in [5.41, 5.74) is 3.41. The second kappa shape index (κ2) is 8.66. The highest BCUT2D eigenvalue weighted by molar-refractivity contribution is 5.89. The molecular weight excluding hydrogens is 300 g/mol. The number of carbonyl (C=O) groups is 1. The number of carbonyl (C=O) groups excluding carboxylic acids is 1. The van der Waals surface area contributed by atoms with Crippen LogP contribution in [0.4, 0.5) is 0 Å². The van der Waals surface area contributed by atoms with Gasteiger partial charge in [-0.25, -0.2) is 4.79 Å². The molecule has 1 aliphatic carbocycles. The van der Waals surface area contributed by atoms with Crippen molar-refractivity contribution in [1.29, 1.82) is 0 Å². The van der Waals surface area contributed by atoms with Gasteiger partial charge in [0.25, 0.3) is 0 Å². The smallest absolute Gasteiger partial charge is 0.337 e. The van der Waals surface area contributed by atoms with E-state index in [1.165, 1.54) is 37.5 Å². The molecule has 24 heavy (non-hydrogen) atoms. The summed E-state index contributed by atoms with van der Waals surface area (Å²) in [6, 6.07) is 6.09. The Balaban J connectivity index is 2.15. The zero-order valence-corrected chi connectivity index (χ0v) is 15.5. The van der Waals surface area contributed by atoms with E-state index in [1.807, 2.05) is 6.07 Å². The Bertz CT molecular complexity index is 552. The van der Waals surface area contributed by atoms with Gasteiger partial charge in [-0.2, -0.15) is 0 Å². The van der Waals surface area contributed by atoms with Crippen molar-refractivity contribution in [2.75, 3.05) is 13.7 Å². The van der Waals surface area contributed by atoms with Crippen LogP contribution >= 0.6 is 0 Å². The van der Waals surface area contributed by atoms with Gasteiger partial charge in [0, 0.05) is 6.61 Å². The largest absolute Gasteiger partial charge is 0.465 e. The van der Waals surface area contributed by atoms with Gasteiger partial charge in [0.15, 0.2) is 0 Å². The molecular formula is C21H32O3. The number of ether oxygens (including phenoxy) is 1. The SMILES string of the molecule is COC(=O)c1ccc2c(c1)[C@H]([C@@H](C)CCC[C@H](C)CO)CC[C@H]2C. The van der Waals surface area contributed by atoms with Gasteiger partial charge < -0.3 is 9.84 Å². The monoisotopic (exact) mass is 332 g/mol. The molecule has 0 heterocycles. The molecule has 0 radical (unpaired) electrons. The molecule has 0 amide bonds. The number of methoxy groups -OCH3 is 1. The van der Waals surface area contributed by atoms with Gasteiger partial charge in [0.05, 0.1) is 12.7 Å². The normalized spacial score (nSPS) is 22.5. The van der Waals surface area contributed by atoms with Crippen LogP contribution in [-0.2, 0) is 4.74 Å². The lowest BCUT2D eigenvalue weighted by molar-refractivity contribution is 0.0600. The molecule has 3 nitrogen and oxygen atoms in total. The quantitative estimate of drug-likeness (QED) is 0.723. The maximum atomic E-state index is 11.9. The van der Waals surface area contributed by atoms with Crippen molar-refractivity contribution in [2.24, 2.45) is 11.8 Å². The Morgan fingerprint density at radius 3 is 2.67 bits per heavy atom. The summed E-state index contributed by atoms with van der Waals surface area (Å²) in [5.74, 6) is 1.81. The summed E-state index contributed by atoms with van der Waals surface area (Å²) in [5, 5.41) is 9.17. The van der Waals surface area contributed by atoms with Crippen LogP contribution in [0.2, 0.25) is 0 Å². The Hall–Kier alpha value is -1.35. The molecule has 2 rings (SSSR count). The molecule has 4 atom stereocenters. The molecule has 134 valence electrons. The molecule has 3 heteroatoms. The van der Waals surface area contributed by atoms with E-state index in [4.69, 9.17) is 4.74 Å². The number of aliphatic hydroxyl groups excluding tert-OH is 1. The lowest BCUT2D eigenvalue weighted by atomic mass is 9.71. The predicted molar refractivity (Wildman–Crippen MR) is 97.4 cm³/mol. The van der Waals surface area contributed by atoms with Crippen molar-refractivity contribution in [3.8, 4) is 0 Å². The van der Waals surface area contributed by atoms with Crippen molar-refractivity contribution in [2.45, 2.75) is 64.7 Å². The molecule has 0 bridgehead atoms. The Morgan fingerprint density at radius 2 is 2.00 bits per heavy atom. The van der Waals surface area contributed by atoms with Crippen LogP contribution in [0.3, 0.4) is 0 Å². The minimum Gasteiger partial charge on any atom is -0.465 e. The summed E-state index contributed by atoms with van der Waals surface area (Å²) in [6.07, 6.45) is 5.81. The number of benzene rings is 1. The third-order valence-corrected chi connectivity index (χ3v) is 5.70. The number of hydrogen-bond acceptors (Lipinski definition) is 3. The summed E-state index contributed by atoms with van der Waals surface area (Å²) >= 11 is 0. The van der Waals surface area contributed by atoms with E-state index in [1.54, 1.807) is 0 Å². The van der Waals surface area contributed by atoms with Crippen LogP contribution in [0.5, 0.6) is 0 Å². The van der Waals surface area contributed by atoms with Gasteiger partial charge in [-0.15, -0.1) is 0 Å². The van der Waals surface area contributed by atoms with Crippen LogP contribution in [0.15, 0.2) is 18.2 Å². The van der Waals surface area contributed by atoms with E-state index < -0.39 is 0 Å². The first kappa shape index (κ1) is 19.0. The summed E-state index contributed by atoms with van der Waals surface area (Å²) in [7, 11) is 1.44. The highest BCUT2D eigenvalue weighted by atomic mass is 16.5. The fraction of sp³-hybridized carbons (Fsp3) is 0.667. The van der Waals surface area contributed by atoms with Crippen LogP contribution in [0.1, 0.15) is 86.2 Å². The molecule has 1 aliphatic rings. The third-order valence-electron chi connectivity index (χ3n) is 5.70. The van der Waals surface area contributed by atoms with E-state index in [0.717, 1.165) is 12.8 Å². The van der Waals surface area contributed by atoms with Crippen molar-refractivity contribution < 1.29 is 14.6 Å². The van der Waals surface area contributed by atoms with Gasteiger partial charge in [0.1, 0.15) is 0 Å². The molecule has 1 aromatic rings. The minimum absolute atomic E-state index is 0.251. The van der Waals surface area contributed by atoms with Crippen molar-refractivity contribution in [3.63, 3.8) is 0 Å². The standard InChI is InChI=1S/C21H32O3/c1-14(13-22)6-5-7-15(2)18-10-8-16(3)19-11-9-17(12-20(18)19)21(23)24-4/h9,11-12,14-16,18,22H,5-8,10,13H2,1-4H3/t14-,15-,16+,18-/m0/s1. The van der Waals surface area contributed by atoms with Gasteiger partial charge in [-0.05, 0) is 66.2 Å². The van der Waals surface area contributed by atoms with E-state index in [2.05, 4.69) is 32.9 Å². The molecule has 1 aromatic carbocycles. The fourth-order valence-electron chi connectivity index (χ4n) is 4.00. The van der Waals surface area contributed by atoms with Crippen molar-refractivity contribution in [1.82, 2.24) is 0 Å². The van der Waals surface area contributed by atoms with E-state index >= 15 is 0 Å². The molecule has 0 saturated heterocycles. The first-order chi connectivity index (χ1) is 11.5. The van der Waals surface area contributed by atoms with Crippen LogP contribution in [0, 0.1) is 11.8 Å². The third kappa shape index (κ3) is 4.38. The molecule has 0 fully saturated rings. The molecule has 0 spiro atoms. The average molecular weight is 332 g/mol. The predicted octanol–water partition coefficient (Wildman–Crippen LogP) is 4.89. The second-order valence-corrected chi connectivity index (χ2v) is 7.62. The number of fused-ring (bicyclic) bond motifs is 1. The maximum Gasteiger partial charge on any atom is 0.337 e. The van der Waals surface area contributed by atoms with Gasteiger partial charge in [-0.1, -0.05) is 39.7 Å². The van der Waals surface area contributed by atoms with E-state index in [9.17, 15) is 9.90 Å². The average Bonchev–Trinajstić information content (AvgIpc) is 2.60. The van der Waals surface area contributed by atoms with E-state index in [0.29, 0.717) is 29.2 Å². The van der Waals surface area contributed by atoms with Gasteiger partial charge >= 0.3 is 5.97 Å². The Morgan fingerprint density at radius 1 is 1.25 bits per heavy atom. The highest BCUT2D eigenvalue weighted by Gasteiger charge is 2.29. The molecule has 0 aromatic heterocycles. The van der Waals surface area contributed by atoms with Crippen LogP contribution in [-0.4, -0.2) is 24.8 Å². The first-order valence-corrected chi connectivity index (χ1v) is 9.30. The number of rotatable bonds is 7. The molecule has 1 N–H and O–H groups in total. The number of esters is 1. The lowest BCUT2D eigenvalue weighted by Crippen LogP contribution is -2.20. The minimum atomic E-state index is -0.251. The van der Waals surface area contributed by atoms with Gasteiger partial charge in [0.2, 0.25) is 0 Å². The molecule has 0 unspecified atom stereocenters. The fourth-order valence-corrected chi connectivity index (χ4v) is 4.00. The van der Waals surface area contributed by atoms with Crippen molar-refractivity contribution >= 4 is 5.97 Å². The van der Waals surface area contributed by atoms with Crippen LogP contribution in [0.25, 0.3) is 0 Å². The topological polar surface area (TPSA) is 46.5 Å². The molecule has 0 aliphatic heterocycles. The highest BCUT2D eigenvalue weighted by Crippen LogP contribution is 2.44.